The number of ether oxygens (including phenoxy) is 2. The van der Waals surface area contributed by atoms with E-state index in [2.05, 4.69) is 24.4 Å². The second-order valence-corrected chi connectivity index (χ2v) is 5.65. The fourth-order valence-electron chi connectivity index (χ4n) is 2.00. The van der Waals surface area contributed by atoms with Crippen LogP contribution in [0.25, 0.3) is 0 Å². The molecule has 0 fully saturated rings. The molecule has 0 heterocycles. The molecule has 2 atom stereocenters. The fourth-order valence-corrected chi connectivity index (χ4v) is 2.00. The van der Waals surface area contributed by atoms with Crippen LogP contribution in [0.3, 0.4) is 0 Å². The maximum atomic E-state index is 9.84. The minimum atomic E-state index is -0.484. The van der Waals surface area contributed by atoms with E-state index < -0.39 is 6.10 Å². The molecule has 0 aliphatic rings. The zero-order valence-electron chi connectivity index (χ0n) is 13.4. The summed E-state index contributed by atoms with van der Waals surface area (Å²) in [5, 5.41) is 13.2. The smallest absolute Gasteiger partial charge is 0.0897 e. The summed E-state index contributed by atoms with van der Waals surface area (Å²) < 4.78 is 10.7. The number of hydrogen-bond acceptors (Lipinski definition) is 4. The summed E-state index contributed by atoms with van der Waals surface area (Å²) in [6, 6.07) is 10.7. The summed E-state index contributed by atoms with van der Waals surface area (Å²) >= 11 is 0. The molecule has 120 valence electrons. The van der Waals surface area contributed by atoms with Gasteiger partial charge in [0.25, 0.3) is 0 Å². The molecule has 4 heteroatoms. The molecule has 0 spiro atoms. The van der Waals surface area contributed by atoms with Gasteiger partial charge in [-0.3, -0.25) is 0 Å². The van der Waals surface area contributed by atoms with E-state index in [0.29, 0.717) is 32.4 Å². The molecular weight excluding hydrogens is 266 g/mol. The highest BCUT2D eigenvalue weighted by Crippen LogP contribution is 2.02. The Balaban J connectivity index is 2.05. The molecule has 4 nitrogen and oxygen atoms in total. The third kappa shape index (κ3) is 9.58. The predicted molar refractivity (Wildman–Crippen MR) is 85.5 cm³/mol. The van der Waals surface area contributed by atoms with E-state index in [1.807, 2.05) is 32.0 Å². The third-order valence-corrected chi connectivity index (χ3v) is 3.08. The van der Waals surface area contributed by atoms with Crippen molar-refractivity contribution < 1.29 is 14.6 Å². The van der Waals surface area contributed by atoms with Crippen molar-refractivity contribution in [3.63, 3.8) is 0 Å². The largest absolute Gasteiger partial charge is 0.389 e. The van der Waals surface area contributed by atoms with Crippen molar-refractivity contribution in [3.05, 3.63) is 35.9 Å². The topological polar surface area (TPSA) is 50.7 Å². The van der Waals surface area contributed by atoms with Gasteiger partial charge in [0.2, 0.25) is 0 Å². The zero-order valence-corrected chi connectivity index (χ0v) is 13.4. The van der Waals surface area contributed by atoms with Crippen LogP contribution in [0, 0.1) is 0 Å². The van der Waals surface area contributed by atoms with E-state index in [0.717, 1.165) is 6.42 Å². The normalized spacial score (nSPS) is 14.3. The number of aliphatic hydroxyl groups is 1. The molecule has 0 aliphatic heterocycles. The first-order valence-corrected chi connectivity index (χ1v) is 7.72. The molecule has 1 rings (SSSR count). The highest BCUT2D eigenvalue weighted by atomic mass is 16.5. The van der Waals surface area contributed by atoms with Gasteiger partial charge in [-0.25, -0.2) is 0 Å². The van der Waals surface area contributed by atoms with Gasteiger partial charge < -0.3 is 19.9 Å². The summed E-state index contributed by atoms with van der Waals surface area (Å²) in [7, 11) is 0. The van der Waals surface area contributed by atoms with Crippen molar-refractivity contribution >= 4 is 0 Å². The predicted octanol–water partition coefficient (Wildman–Crippen LogP) is 2.01. The van der Waals surface area contributed by atoms with E-state index >= 15 is 0 Å². The maximum absolute atomic E-state index is 9.84. The molecule has 2 unspecified atom stereocenters. The monoisotopic (exact) mass is 295 g/mol. The van der Waals surface area contributed by atoms with Crippen molar-refractivity contribution in [2.24, 2.45) is 0 Å². The highest BCUT2D eigenvalue weighted by Gasteiger charge is 2.08. The van der Waals surface area contributed by atoms with Crippen LogP contribution in [0.4, 0.5) is 0 Å². The molecule has 0 aromatic heterocycles. The Morgan fingerprint density at radius 2 is 1.81 bits per heavy atom. The lowest BCUT2D eigenvalue weighted by Gasteiger charge is -2.17. The number of rotatable bonds is 11. The van der Waals surface area contributed by atoms with Crippen LogP contribution in [0.1, 0.15) is 26.3 Å². The summed E-state index contributed by atoms with van der Waals surface area (Å²) in [5.74, 6) is 0. The van der Waals surface area contributed by atoms with E-state index in [1.54, 1.807) is 0 Å². The Morgan fingerprint density at radius 1 is 1.10 bits per heavy atom. The quantitative estimate of drug-likeness (QED) is 0.613. The molecule has 0 saturated heterocycles. The SMILES string of the molecule is CC(Cc1ccccc1)NCC(O)COCCOC(C)C. The van der Waals surface area contributed by atoms with Crippen LogP contribution in [-0.4, -0.2) is 49.7 Å². The summed E-state index contributed by atoms with van der Waals surface area (Å²) in [6.45, 7) is 8.08. The van der Waals surface area contributed by atoms with E-state index in [-0.39, 0.29) is 6.10 Å². The van der Waals surface area contributed by atoms with Gasteiger partial charge in [0.1, 0.15) is 0 Å². The maximum Gasteiger partial charge on any atom is 0.0897 e. The van der Waals surface area contributed by atoms with Crippen molar-refractivity contribution in [2.45, 2.75) is 45.4 Å². The molecule has 0 radical (unpaired) electrons. The Hall–Kier alpha value is -0.940. The number of hydrogen-bond donors (Lipinski definition) is 2. The second-order valence-electron chi connectivity index (χ2n) is 5.65. The van der Waals surface area contributed by atoms with Gasteiger partial charge in [-0.1, -0.05) is 30.3 Å². The number of nitrogens with one attached hydrogen (secondary N) is 1. The molecule has 2 N–H and O–H groups in total. The van der Waals surface area contributed by atoms with Crippen molar-refractivity contribution in [3.8, 4) is 0 Å². The van der Waals surface area contributed by atoms with Gasteiger partial charge >= 0.3 is 0 Å². The zero-order chi connectivity index (χ0) is 15.5. The van der Waals surface area contributed by atoms with E-state index in [4.69, 9.17) is 9.47 Å². The lowest BCUT2D eigenvalue weighted by atomic mass is 10.1. The Bertz CT molecular complexity index is 356. The van der Waals surface area contributed by atoms with Crippen LogP contribution in [-0.2, 0) is 15.9 Å². The molecule has 1 aromatic rings. The summed E-state index contributed by atoms with van der Waals surface area (Å²) in [6.07, 6.45) is 0.692. The average Bonchev–Trinajstić information content (AvgIpc) is 2.45. The van der Waals surface area contributed by atoms with Gasteiger partial charge in [-0.2, -0.15) is 0 Å². The van der Waals surface area contributed by atoms with Gasteiger partial charge in [-0.05, 0) is 32.8 Å². The van der Waals surface area contributed by atoms with Gasteiger partial charge in [0.05, 0.1) is 32.0 Å². The van der Waals surface area contributed by atoms with Crippen LogP contribution in [0.5, 0.6) is 0 Å². The average molecular weight is 295 g/mol. The standard InChI is InChI=1S/C17H29NO3/c1-14(2)21-10-9-20-13-17(19)12-18-15(3)11-16-7-5-4-6-8-16/h4-8,14-15,17-19H,9-13H2,1-3H3. The van der Waals surface area contributed by atoms with Crippen molar-refractivity contribution in [2.75, 3.05) is 26.4 Å². The first-order valence-electron chi connectivity index (χ1n) is 7.72. The minimum absolute atomic E-state index is 0.221. The van der Waals surface area contributed by atoms with Crippen LogP contribution < -0.4 is 5.32 Å². The van der Waals surface area contributed by atoms with Gasteiger partial charge in [0, 0.05) is 12.6 Å². The fraction of sp³-hybridized carbons (Fsp3) is 0.647. The molecule has 0 amide bonds. The molecule has 21 heavy (non-hydrogen) atoms. The second kappa shape index (κ2) is 10.7. The molecule has 0 aliphatic carbocycles. The van der Waals surface area contributed by atoms with Crippen molar-refractivity contribution in [1.82, 2.24) is 5.32 Å². The Morgan fingerprint density at radius 3 is 2.48 bits per heavy atom. The lowest BCUT2D eigenvalue weighted by Crippen LogP contribution is -2.37. The molecule has 0 saturated carbocycles. The van der Waals surface area contributed by atoms with Crippen LogP contribution in [0.15, 0.2) is 30.3 Å². The van der Waals surface area contributed by atoms with Gasteiger partial charge in [-0.15, -0.1) is 0 Å². The minimum Gasteiger partial charge on any atom is -0.389 e. The highest BCUT2D eigenvalue weighted by molar-refractivity contribution is 5.15. The summed E-state index contributed by atoms with van der Waals surface area (Å²) in [5.41, 5.74) is 1.30. The van der Waals surface area contributed by atoms with Crippen LogP contribution in [0.2, 0.25) is 0 Å². The number of aliphatic hydroxyl groups excluding tert-OH is 1. The number of benzene rings is 1. The molecule has 0 bridgehead atoms. The first-order chi connectivity index (χ1) is 10.1. The lowest BCUT2D eigenvalue weighted by molar-refractivity contribution is -0.0104. The first kappa shape index (κ1) is 18.1. The van der Waals surface area contributed by atoms with Crippen LogP contribution >= 0.6 is 0 Å². The van der Waals surface area contributed by atoms with Crippen molar-refractivity contribution in [1.29, 1.82) is 0 Å². The Labute approximate surface area is 128 Å². The van der Waals surface area contributed by atoms with E-state index in [9.17, 15) is 5.11 Å². The Kier molecular flexibility index (Phi) is 9.26. The van der Waals surface area contributed by atoms with E-state index in [1.165, 1.54) is 5.56 Å². The molecular formula is C17H29NO3. The van der Waals surface area contributed by atoms with Gasteiger partial charge in [0.15, 0.2) is 0 Å². The third-order valence-electron chi connectivity index (χ3n) is 3.08. The summed E-state index contributed by atoms with van der Waals surface area (Å²) in [4.78, 5) is 0. The molecule has 1 aromatic carbocycles.